The fourth-order valence-electron chi connectivity index (χ4n) is 1.97. The minimum atomic E-state index is -0.121. The van der Waals surface area contributed by atoms with E-state index in [9.17, 15) is 4.79 Å². The molecule has 0 aliphatic rings. The molecule has 0 radical (unpaired) electrons. The molecule has 1 aromatic rings. The van der Waals surface area contributed by atoms with E-state index in [1.807, 2.05) is 19.1 Å². The maximum Gasteiger partial charge on any atom is 0.305 e. The average molecular weight is 293 g/mol. The van der Waals surface area contributed by atoms with E-state index in [1.54, 1.807) is 0 Å². The Labute approximate surface area is 127 Å². The Morgan fingerprint density at radius 3 is 2.57 bits per heavy atom. The van der Waals surface area contributed by atoms with Crippen molar-refractivity contribution in [3.05, 3.63) is 29.8 Å². The SMILES string of the molecule is CCCOc1ccc(C(C)NCCCC(=O)OCC)cc1. The first kappa shape index (κ1) is 17.5. The van der Waals surface area contributed by atoms with E-state index in [0.717, 1.165) is 31.7 Å². The lowest BCUT2D eigenvalue weighted by Gasteiger charge is -2.14. The number of benzene rings is 1. The van der Waals surface area contributed by atoms with Gasteiger partial charge in [-0.15, -0.1) is 0 Å². The lowest BCUT2D eigenvalue weighted by Crippen LogP contribution is -2.20. The van der Waals surface area contributed by atoms with Crippen LogP contribution < -0.4 is 10.1 Å². The van der Waals surface area contributed by atoms with Gasteiger partial charge < -0.3 is 14.8 Å². The molecule has 1 unspecified atom stereocenters. The van der Waals surface area contributed by atoms with Crippen LogP contribution in [0.15, 0.2) is 24.3 Å². The summed E-state index contributed by atoms with van der Waals surface area (Å²) in [6.07, 6.45) is 2.28. The van der Waals surface area contributed by atoms with E-state index in [0.29, 0.717) is 13.0 Å². The van der Waals surface area contributed by atoms with Gasteiger partial charge >= 0.3 is 5.97 Å². The third kappa shape index (κ3) is 7.14. The van der Waals surface area contributed by atoms with Gasteiger partial charge in [0.05, 0.1) is 13.2 Å². The van der Waals surface area contributed by atoms with E-state index < -0.39 is 0 Å². The third-order valence-corrected chi connectivity index (χ3v) is 3.17. The average Bonchev–Trinajstić information content (AvgIpc) is 2.50. The first-order chi connectivity index (χ1) is 10.2. The zero-order valence-corrected chi connectivity index (χ0v) is 13.4. The van der Waals surface area contributed by atoms with E-state index >= 15 is 0 Å². The number of carbonyl (C=O) groups is 1. The second kappa shape index (κ2) is 10.2. The number of ether oxygens (including phenoxy) is 2. The molecule has 118 valence electrons. The number of carbonyl (C=O) groups excluding carboxylic acids is 1. The van der Waals surface area contributed by atoms with Crippen molar-refractivity contribution in [1.29, 1.82) is 0 Å². The predicted molar refractivity (Wildman–Crippen MR) is 84.5 cm³/mol. The van der Waals surface area contributed by atoms with Crippen molar-refractivity contribution in [2.24, 2.45) is 0 Å². The second-order valence-corrected chi connectivity index (χ2v) is 5.00. The first-order valence-electron chi connectivity index (χ1n) is 7.79. The largest absolute Gasteiger partial charge is 0.494 e. The lowest BCUT2D eigenvalue weighted by molar-refractivity contribution is -0.143. The summed E-state index contributed by atoms with van der Waals surface area (Å²) < 4.78 is 10.5. The molecule has 0 heterocycles. The Morgan fingerprint density at radius 1 is 1.24 bits per heavy atom. The summed E-state index contributed by atoms with van der Waals surface area (Å²) in [5, 5.41) is 3.41. The summed E-state index contributed by atoms with van der Waals surface area (Å²) in [6, 6.07) is 8.42. The Balaban J connectivity index is 2.28. The maximum atomic E-state index is 11.2. The molecule has 0 spiro atoms. The molecule has 1 N–H and O–H groups in total. The van der Waals surface area contributed by atoms with Gasteiger partial charge in [-0.25, -0.2) is 0 Å². The molecule has 0 aliphatic heterocycles. The van der Waals surface area contributed by atoms with Crippen LogP contribution in [0.2, 0.25) is 0 Å². The molecule has 0 bridgehead atoms. The molecule has 0 saturated carbocycles. The molecular weight excluding hydrogens is 266 g/mol. The highest BCUT2D eigenvalue weighted by atomic mass is 16.5. The van der Waals surface area contributed by atoms with Crippen molar-refractivity contribution < 1.29 is 14.3 Å². The Morgan fingerprint density at radius 2 is 1.95 bits per heavy atom. The molecule has 0 fully saturated rings. The minimum absolute atomic E-state index is 0.121. The molecule has 1 rings (SSSR count). The van der Waals surface area contributed by atoms with Gasteiger partial charge in [0.1, 0.15) is 5.75 Å². The fourth-order valence-corrected chi connectivity index (χ4v) is 1.97. The van der Waals surface area contributed by atoms with Crippen LogP contribution in [0.5, 0.6) is 5.75 Å². The maximum absolute atomic E-state index is 11.2. The Kier molecular flexibility index (Phi) is 8.51. The predicted octanol–water partition coefficient (Wildman–Crippen LogP) is 3.47. The monoisotopic (exact) mass is 293 g/mol. The first-order valence-corrected chi connectivity index (χ1v) is 7.79. The van der Waals surface area contributed by atoms with Crippen LogP contribution in [-0.2, 0) is 9.53 Å². The van der Waals surface area contributed by atoms with Gasteiger partial charge in [-0.1, -0.05) is 19.1 Å². The highest BCUT2D eigenvalue weighted by molar-refractivity contribution is 5.69. The normalized spacial score (nSPS) is 12.0. The molecular formula is C17H27NO3. The molecule has 0 amide bonds. The van der Waals surface area contributed by atoms with Crippen molar-refractivity contribution >= 4 is 5.97 Å². The molecule has 0 saturated heterocycles. The summed E-state index contributed by atoms with van der Waals surface area (Å²) in [5.74, 6) is 0.791. The topological polar surface area (TPSA) is 47.6 Å². The van der Waals surface area contributed by atoms with E-state index in [-0.39, 0.29) is 12.0 Å². The quantitative estimate of drug-likeness (QED) is 0.530. The molecule has 4 heteroatoms. The molecule has 21 heavy (non-hydrogen) atoms. The Bertz CT molecular complexity index is 403. The number of nitrogens with one attached hydrogen (secondary N) is 1. The van der Waals surface area contributed by atoms with Crippen molar-refractivity contribution in [2.45, 2.75) is 46.1 Å². The summed E-state index contributed by atoms with van der Waals surface area (Å²) in [6.45, 7) is 8.04. The van der Waals surface area contributed by atoms with Gasteiger partial charge in [0.15, 0.2) is 0 Å². The van der Waals surface area contributed by atoms with Crippen LogP contribution in [0.25, 0.3) is 0 Å². The minimum Gasteiger partial charge on any atom is -0.494 e. The van der Waals surface area contributed by atoms with Gasteiger partial charge in [0.25, 0.3) is 0 Å². The van der Waals surface area contributed by atoms with Crippen molar-refractivity contribution in [2.75, 3.05) is 19.8 Å². The standard InChI is InChI=1S/C17H27NO3/c1-4-13-21-16-10-8-15(9-11-16)14(3)18-12-6-7-17(19)20-5-2/h8-11,14,18H,4-7,12-13H2,1-3H3. The van der Waals surface area contributed by atoms with Gasteiger partial charge in [0, 0.05) is 12.5 Å². The summed E-state index contributed by atoms with van der Waals surface area (Å²) in [5.41, 5.74) is 1.22. The number of esters is 1. The smallest absolute Gasteiger partial charge is 0.305 e. The molecule has 1 aromatic carbocycles. The van der Waals surface area contributed by atoms with Crippen LogP contribution in [0.1, 0.15) is 51.6 Å². The highest BCUT2D eigenvalue weighted by Gasteiger charge is 2.06. The zero-order valence-electron chi connectivity index (χ0n) is 13.4. The summed E-state index contributed by atoms with van der Waals surface area (Å²) in [7, 11) is 0. The van der Waals surface area contributed by atoms with E-state index in [4.69, 9.17) is 9.47 Å². The molecule has 0 aromatic heterocycles. The zero-order chi connectivity index (χ0) is 15.5. The number of rotatable bonds is 10. The van der Waals surface area contributed by atoms with E-state index in [2.05, 4.69) is 31.3 Å². The van der Waals surface area contributed by atoms with E-state index in [1.165, 1.54) is 5.56 Å². The highest BCUT2D eigenvalue weighted by Crippen LogP contribution is 2.17. The van der Waals surface area contributed by atoms with Gasteiger partial charge in [0.2, 0.25) is 0 Å². The molecule has 0 aliphatic carbocycles. The third-order valence-electron chi connectivity index (χ3n) is 3.17. The summed E-state index contributed by atoms with van der Waals surface area (Å²) in [4.78, 5) is 11.2. The number of hydrogen-bond donors (Lipinski definition) is 1. The van der Waals surface area contributed by atoms with Gasteiger partial charge in [-0.2, -0.15) is 0 Å². The lowest BCUT2D eigenvalue weighted by atomic mass is 10.1. The molecule has 4 nitrogen and oxygen atoms in total. The second-order valence-electron chi connectivity index (χ2n) is 5.00. The van der Waals surface area contributed by atoms with Crippen LogP contribution >= 0.6 is 0 Å². The Hall–Kier alpha value is -1.55. The van der Waals surface area contributed by atoms with Crippen LogP contribution in [0, 0.1) is 0 Å². The fraction of sp³-hybridized carbons (Fsp3) is 0.588. The van der Waals surface area contributed by atoms with Gasteiger partial charge in [-0.3, -0.25) is 4.79 Å². The molecule has 1 atom stereocenters. The summed E-state index contributed by atoms with van der Waals surface area (Å²) >= 11 is 0. The van der Waals surface area contributed by atoms with Crippen molar-refractivity contribution in [1.82, 2.24) is 5.32 Å². The van der Waals surface area contributed by atoms with Crippen molar-refractivity contribution in [3.8, 4) is 5.75 Å². The van der Waals surface area contributed by atoms with Crippen molar-refractivity contribution in [3.63, 3.8) is 0 Å². The van der Waals surface area contributed by atoms with Crippen LogP contribution in [0.3, 0.4) is 0 Å². The number of hydrogen-bond acceptors (Lipinski definition) is 4. The van der Waals surface area contributed by atoms with Crippen LogP contribution in [-0.4, -0.2) is 25.7 Å². The van der Waals surface area contributed by atoms with Gasteiger partial charge in [-0.05, 0) is 50.9 Å². The van der Waals surface area contributed by atoms with Crippen LogP contribution in [0.4, 0.5) is 0 Å².